The van der Waals surface area contributed by atoms with Crippen LogP contribution in [-0.4, -0.2) is 41.7 Å². The Kier molecular flexibility index (Phi) is 4.77. The summed E-state index contributed by atoms with van der Waals surface area (Å²) in [7, 11) is 0. The minimum absolute atomic E-state index is 0.0628. The molecule has 0 radical (unpaired) electrons. The van der Waals surface area contributed by atoms with Crippen LogP contribution in [0.25, 0.3) is 0 Å². The average molecular weight is 378 g/mol. The fraction of sp³-hybridized carbons (Fsp3) is 0.417. The van der Waals surface area contributed by atoms with E-state index in [0.717, 1.165) is 27.6 Å². The molecule has 0 unspecified atom stereocenters. The number of hydrogen-bond acceptors (Lipinski definition) is 3. The van der Waals surface area contributed by atoms with E-state index in [-0.39, 0.29) is 12.0 Å². The van der Waals surface area contributed by atoms with Gasteiger partial charge < -0.3 is 10.4 Å². The van der Waals surface area contributed by atoms with Gasteiger partial charge in [0.2, 0.25) is 5.91 Å². The van der Waals surface area contributed by atoms with E-state index in [1.165, 1.54) is 0 Å². The van der Waals surface area contributed by atoms with Gasteiger partial charge >= 0.3 is 0 Å². The van der Waals surface area contributed by atoms with Crippen molar-refractivity contribution in [2.24, 2.45) is 0 Å². The largest absolute Gasteiger partial charge is 0.392 e. The van der Waals surface area contributed by atoms with Gasteiger partial charge in [0, 0.05) is 22.0 Å². The molecular formula is C12H14Br2N2O2. The molecule has 1 aliphatic heterocycles. The number of halogens is 2. The molecule has 6 heteroatoms. The number of aliphatic hydroxyl groups excluding tert-OH is 1. The summed E-state index contributed by atoms with van der Waals surface area (Å²) in [5.41, 5.74) is 0.753. The van der Waals surface area contributed by atoms with Crippen LogP contribution in [0.2, 0.25) is 0 Å². The highest BCUT2D eigenvalue weighted by atomic mass is 79.9. The molecule has 4 nitrogen and oxygen atoms in total. The number of hydrogen-bond donors (Lipinski definition) is 2. The summed E-state index contributed by atoms with van der Waals surface area (Å²) >= 11 is 6.76. The van der Waals surface area contributed by atoms with E-state index in [9.17, 15) is 9.90 Å². The maximum Gasteiger partial charge on any atom is 0.238 e. The van der Waals surface area contributed by atoms with Gasteiger partial charge in [-0.3, -0.25) is 9.69 Å². The molecule has 1 aliphatic rings. The van der Waals surface area contributed by atoms with Gasteiger partial charge in [-0.25, -0.2) is 0 Å². The number of nitrogens with zero attached hydrogens (tertiary/aromatic N) is 1. The van der Waals surface area contributed by atoms with Crippen molar-refractivity contribution in [3.8, 4) is 0 Å². The number of carbonyl (C=O) groups excluding carboxylic acids is 1. The van der Waals surface area contributed by atoms with Crippen molar-refractivity contribution in [2.45, 2.75) is 12.5 Å². The van der Waals surface area contributed by atoms with Crippen LogP contribution in [-0.2, 0) is 4.79 Å². The second-order valence-corrected chi connectivity index (χ2v) is 6.12. The fourth-order valence-corrected chi connectivity index (χ4v) is 3.09. The van der Waals surface area contributed by atoms with Crippen molar-refractivity contribution < 1.29 is 9.90 Å². The number of β-amino-alcohol motifs (C(OH)–C–C–N with tert-alkyl or cyclic N) is 1. The highest BCUT2D eigenvalue weighted by molar-refractivity contribution is 9.11. The van der Waals surface area contributed by atoms with E-state index < -0.39 is 0 Å². The summed E-state index contributed by atoms with van der Waals surface area (Å²) in [4.78, 5) is 13.8. The van der Waals surface area contributed by atoms with Crippen molar-refractivity contribution >= 4 is 43.5 Å². The fourth-order valence-electron chi connectivity index (χ4n) is 1.94. The molecule has 0 bridgehead atoms. The average Bonchev–Trinajstić information content (AvgIpc) is 2.68. The summed E-state index contributed by atoms with van der Waals surface area (Å²) in [6.07, 6.45) is 0.451. The van der Waals surface area contributed by atoms with Crippen molar-refractivity contribution in [3.63, 3.8) is 0 Å². The lowest BCUT2D eigenvalue weighted by Crippen LogP contribution is -2.32. The van der Waals surface area contributed by atoms with Crippen LogP contribution in [0.4, 0.5) is 5.69 Å². The first kappa shape index (κ1) is 14.0. The van der Waals surface area contributed by atoms with Gasteiger partial charge in [-0.05, 0) is 40.5 Å². The van der Waals surface area contributed by atoms with Gasteiger partial charge in [-0.1, -0.05) is 15.9 Å². The van der Waals surface area contributed by atoms with E-state index in [4.69, 9.17) is 0 Å². The number of likely N-dealkylation sites (tertiary alicyclic amines) is 1. The van der Waals surface area contributed by atoms with Gasteiger partial charge in [0.05, 0.1) is 18.3 Å². The Morgan fingerprint density at radius 1 is 1.50 bits per heavy atom. The molecule has 1 aromatic rings. The van der Waals surface area contributed by atoms with Crippen LogP contribution in [0, 0.1) is 0 Å². The zero-order chi connectivity index (χ0) is 13.1. The summed E-state index contributed by atoms with van der Waals surface area (Å²) in [6, 6.07) is 5.60. The van der Waals surface area contributed by atoms with Crippen LogP contribution in [0.1, 0.15) is 6.42 Å². The Labute approximate surface area is 123 Å². The second kappa shape index (κ2) is 6.14. The van der Waals surface area contributed by atoms with E-state index in [1.54, 1.807) is 0 Å². The van der Waals surface area contributed by atoms with Crippen molar-refractivity contribution in [3.05, 3.63) is 27.1 Å². The van der Waals surface area contributed by atoms with Crippen LogP contribution in [0.15, 0.2) is 27.1 Å². The molecule has 18 heavy (non-hydrogen) atoms. The van der Waals surface area contributed by atoms with Gasteiger partial charge in [-0.2, -0.15) is 0 Å². The summed E-state index contributed by atoms with van der Waals surface area (Å²) in [5.74, 6) is -0.0628. The number of aliphatic hydroxyl groups is 1. The highest BCUT2D eigenvalue weighted by Crippen LogP contribution is 2.26. The number of amides is 1. The molecule has 1 aromatic carbocycles. The lowest BCUT2D eigenvalue weighted by Gasteiger charge is -2.15. The van der Waals surface area contributed by atoms with Gasteiger partial charge in [0.25, 0.3) is 0 Å². The second-order valence-electron chi connectivity index (χ2n) is 4.35. The lowest BCUT2D eigenvalue weighted by atomic mass is 10.3. The van der Waals surface area contributed by atoms with E-state index in [0.29, 0.717) is 13.1 Å². The first-order valence-electron chi connectivity index (χ1n) is 5.70. The molecule has 2 rings (SSSR count). The molecule has 0 saturated carbocycles. The lowest BCUT2D eigenvalue weighted by molar-refractivity contribution is -0.117. The van der Waals surface area contributed by atoms with Crippen LogP contribution in [0.5, 0.6) is 0 Å². The molecule has 1 heterocycles. The molecule has 1 fully saturated rings. The van der Waals surface area contributed by atoms with Crippen molar-refractivity contribution in [2.75, 3.05) is 25.0 Å². The standard InChI is InChI=1S/C12H14Br2N2O2/c13-8-1-2-11(10(14)5-8)15-12(18)7-16-4-3-9(17)6-16/h1-2,5,9,17H,3-4,6-7H2,(H,15,18)/t9-/m1/s1. The number of carbonyl (C=O) groups is 1. The molecular weight excluding hydrogens is 364 g/mol. The number of benzene rings is 1. The van der Waals surface area contributed by atoms with E-state index in [2.05, 4.69) is 37.2 Å². The van der Waals surface area contributed by atoms with Crippen LogP contribution in [0.3, 0.4) is 0 Å². The molecule has 1 atom stereocenters. The maximum absolute atomic E-state index is 11.8. The first-order valence-corrected chi connectivity index (χ1v) is 7.28. The van der Waals surface area contributed by atoms with Crippen molar-refractivity contribution in [1.82, 2.24) is 4.90 Å². The first-order chi connectivity index (χ1) is 8.54. The predicted octanol–water partition coefficient (Wildman–Crippen LogP) is 2.22. The van der Waals surface area contributed by atoms with Gasteiger partial charge in [0.15, 0.2) is 0 Å². The number of nitrogens with one attached hydrogen (secondary N) is 1. The molecule has 1 amide bonds. The van der Waals surface area contributed by atoms with Gasteiger partial charge in [0.1, 0.15) is 0 Å². The van der Waals surface area contributed by atoms with E-state index in [1.807, 2.05) is 23.1 Å². The molecule has 0 spiro atoms. The number of anilines is 1. The zero-order valence-corrected chi connectivity index (χ0v) is 12.9. The molecule has 2 N–H and O–H groups in total. The topological polar surface area (TPSA) is 52.6 Å². The Morgan fingerprint density at radius 2 is 2.28 bits per heavy atom. The molecule has 0 aromatic heterocycles. The Hall–Kier alpha value is -0.430. The third-order valence-corrected chi connectivity index (χ3v) is 3.97. The van der Waals surface area contributed by atoms with Crippen molar-refractivity contribution in [1.29, 1.82) is 0 Å². The molecule has 98 valence electrons. The summed E-state index contributed by atoms with van der Waals surface area (Å²) in [5, 5.41) is 12.2. The summed E-state index contributed by atoms with van der Waals surface area (Å²) < 4.78 is 1.79. The Balaban J connectivity index is 1.91. The van der Waals surface area contributed by atoms with E-state index >= 15 is 0 Å². The van der Waals surface area contributed by atoms with Gasteiger partial charge in [-0.15, -0.1) is 0 Å². The maximum atomic E-state index is 11.8. The molecule has 1 saturated heterocycles. The third-order valence-electron chi connectivity index (χ3n) is 2.82. The number of rotatable bonds is 3. The Morgan fingerprint density at radius 3 is 2.89 bits per heavy atom. The smallest absolute Gasteiger partial charge is 0.238 e. The minimum Gasteiger partial charge on any atom is -0.392 e. The van der Waals surface area contributed by atoms with Crippen LogP contribution >= 0.6 is 31.9 Å². The third kappa shape index (κ3) is 3.78. The monoisotopic (exact) mass is 376 g/mol. The summed E-state index contributed by atoms with van der Waals surface area (Å²) in [6.45, 7) is 1.67. The SMILES string of the molecule is O=C(CN1CC[C@@H](O)C1)Nc1ccc(Br)cc1Br. The highest BCUT2D eigenvalue weighted by Gasteiger charge is 2.22. The normalized spacial score (nSPS) is 20.1. The van der Waals surface area contributed by atoms with Crippen LogP contribution < -0.4 is 5.32 Å². The predicted molar refractivity (Wildman–Crippen MR) is 77.5 cm³/mol. The minimum atomic E-state index is -0.294. The quantitative estimate of drug-likeness (QED) is 0.849. The zero-order valence-electron chi connectivity index (χ0n) is 9.70. The molecule has 0 aliphatic carbocycles. The Bertz CT molecular complexity index is 454.